The van der Waals surface area contributed by atoms with Crippen molar-refractivity contribution in [2.45, 2.75) is 40.2 Å². The van der Waals surface area contributed by atoms with Gasteiger partial charge in [-0.1, -0.05) is 54.7 Å². The molecule has 194 valence electrons. The van der Waals surface area contributed by atoms with Crippen LogP contribution in [0.4, 0.5) is 0 Å². The van der Waals surface area contributed by atoms with Gasteiger partial charge in [0, 0.05) is 20.6 Å². The maximum Gasteiger partial charge on any atom is 0.338 e. The number of halogens is 1. The maximum absolute atomic E-state index is 13.9. The zero-order valence-corrected chi connectivity index (χ0v) is 24.9. The van der Waals surface area contributed by atoms with Crippen molar-refractivity contribution in [2.24, 2.45) is 4.99 Å². The summed E-state index contributed by atoms with van der Waals surface area (Å²) in [5.41, 5.74) is 7.17. The van der Waals surface area contributed by atoms with Crippen LogP contribution in [0.5, 0.6) is 0 Å². The van der Waals surface area contributed by atoms with Gasteiger partial charge in [0.2, 0.25) is 0 Å². The van der Waals surface area contributed by atoms with E-state index in [9.17, 15) is 9.59 Å². The molecule has 0 fully saturated rings. The third-order valence-corrected chi connectivity index (χ3v) is 9.08. The van der Waals surface area contributed by atoms with Gasteiger partial charge in [-0.25, -0.2) is 9.79 Å². The number of carbonyl (C=O) groups is 1. The van der Waals surface area contributed by atoms with Crippen LogP contribution in [0.1, 0.15) is 47.5 Å². The number of methoxy groups -OCH3 is 1. The van der Waals surface area contributed by atoms with E-state index in [-0.39, 0.29) is 5.56 Å². The average molecular weight is 638 g/mol. The van der Waals surface area contributed by atoms with Gasteiger partial charge in [0.1, 0.15) is 0 Å². The molecule has 1 atom stereocenters. The molecule has 0 aliphatic carbocycles. The second-order valence-electron chi connectivity index (χ2n) is 9.29. The molecular weight excluding hydrogens is 609 g/mol. The molecule has 0 spiro atoms. The van der Waals surface area contributed by atoms with Gasteiger partial charge in [0.15, 0.2) is 4.80 Å². The van der Waals surface area contributed by atoms with E-state index in [1.807, 2.05) is 43.3 Å². The van der Waals surface area contributed by atoms with Gasteiger partial charge in [0.25, 0.3) is 5.56 Å². The Hall–Kier alpha value is -3.24. The van der Waals surface area contributed by atoms with E-state index in [1.165, 1.54) is 27.6 Å². The third kappa shape index (κ3) is 4.49. The molecule has 5 rings (SSSR count). The van der Waals surface area contributed by atoms with Gasteiger partial charge < -0.3 is 9.30 Å². The van der Waals surface area contributed by atoms with E-state index >= 15 is 0 Å². The molecule has 1 aliphatic rings. The molecule has 2 aromatic heterocycles. The van der Waals surface area contributed by atoms with Gasteiger partial charge in [-0.2, -0.15) is 0 Å². The van der Waals surface area contributed by atoms with Crippen LogP contribution in [-0.4, -0.2) is 22.2 Å². The number of aryl methyl sites for hydroxylation is 2. The number of thiazole rings is 1. The predicted octanol–water partition coefficient (Wildman–Crippen LogP) is 5.12. The highest BCUT2D eigenvalue weighted by Gasteiger charge is 2.33. The lowest BCUT2D eigenvalue weighted by atomic mass is 9.95. The van der Waals surface area contributed by atoms with Crippen LogP contribution >= 0.6 is 33.9 Å². The number of hydrogen-bond acceptors (Lipinski definition) is 5. The van der Waals surface area contributed by atoms with E-state index in [0.717, 1.165) is 28.2 Å². The van der Waals surface area contributed by atoms with E-state index in [0.29, 0.717) is 27.0 Å². The summed E-state index contributed by atoms with van der Waals surface area (Å²) >= 11 is 3.71. The van der Waals surface area contributed by atoms with Crippen LogP contribution in [0.25, 0.3) is 11.8 Å². The normalized spacial score (nSPS) is 15.4. The second kappa shape index (κ2) is 10.5. The zero-order valence-electron chi connectivity index (χ0n) is 21.9. The Labute approximate surface area is 238 Å². The van der Waals surface area contributed by atoms with Crippen LogP contribution in [-0.2, 0) is 9.53 Å². The van der Waals surface area contributed by atoms with Gasteiger partial charge in [0.05, 0.1) is 29.0 Å². The fourth-order valence-electron chi connectivity index (χ4n) is 5.01. The number of ether oxygens (including phenoxy) is 1. The fourth-order valence-corrected chi connectivity index (χ4v) is 6.52. The van der Waals surface area contributed by atoms with Gasteiger partial charge in [-0.3, -0.25) is 9.36 Å². The zero-order chi connectivity index (χ0) is 27.1. The van der Waals surface area contributed by atoms with Crippen LogP contribution < -0.4 is 14.9 Å². The summed E-state index contributed by atoms with van der Waals surface area (Å²) in [5, 5.41) is 0. The molecule has 0 saturated heterocycles. The number of allylic oxidation sites excluding steroid dienone is 1. The highest BCUT2D eigenvalue weighted by molar-refractivity contribution is 14.1. The smallest absolute Gasteiger partial charge is 0.338 e. The van der Waals surface area contributed by atoms with Crippen LogP contribution in [0.15, 0.2) is 75.7 Å². The number of fused-ring (bicyclic) bond motifs is 1. The lowest BCUT2D eigenvalue weighted by Crippen LogP contribution is -2.40. The lowest BCUT2D eigenvalue weighted by Gasteiger charge is -2.25. The van der Waals surface area contributed by atoms with E-state index in [4.69, 9.17) is 9.73 Å². The first-order chi connectivity index (χ1) is 18.2. The number of hydrogen-bond donors (Lipinski definition) is 0. The SMILES string of the molecule is CCC1=C(C(=O)OC)[C@@H](c2ccccc2)n2c(s/c(=C/c3cc(C)n(-c4ccc(C)c(I)c4)c3C)c2=O)=N1. The standard InChI is InChI=1S/C30H28IN3O3S/c1-6-24-26(29(36)37-5)27(20-10-8-7-9-11-20)34-28(35)25(38-30(34)32-24)15-21-14-18(3)33(19(21)4)22-13-12-17(2)23(31)16-22/h7-16,27H,6H2,1-5H3/b25-15+/t27-/m1/s1. The summed E-state index contributed by atoms with van der Waals surface area (Å²) < 4.78 is 10.8. The summed E-state index contributed by atoms with van der Waals surface area (Å²) in [6.45, 7) is 8.20. The van der Waals surface area contributed by atoms with Crippen molar-refractivity contribution < 1.29 is 9.53 Å². The Morgan fingerprint density at radius 3 is 2.53 bits per heavy atom. The van der Waals surface area contributed by atoms with Crippen molar-refractivity contribution in [1.82, 2.24) is 9.13 Å². The molecule has 2 aromatic carbocycles. The maximum atomic E-state index is 13.9. The molecule has 0 unspecified atom stereocenters. The van der Waals surface area contributed by atoms with Crippen molar-refractivity contribution >= 4 is 46.0 Å². The molecule has 0 saturated carbocycles. The molecule has 8 heteroatoms. The van der Waals surface area contributed by atoms with E-state index < -0.39 is 12.0 Å². The van der Waals surface area contributed by atoms with Crippen LogP contribution in [0.3, 0.4) is 0 Å². The van der Waals surface area contributed by atoms with Crippen molar-refractivity contribution in [3.63, 3.8) is 0 Å². The van der Waals surface area contributed by atoms with Crippen molar-refractivity contribution in [2.75, 3.05) is 7.11 Å². The molecular formula is C30H28IN3O3S. The Kier molecular flexibility index (Phi) is 7.28. The predicted molar refractivity (Wildman–Crippen MR) is 160 cm³/mol. The molecule has 0 amide bonds. The number of nitrogens with zero attached hydrogens (tertiary/aromatic N) is 3. The molecule has 0 N–H and O–H groups in total. The van der Waals surface area contributed by atoms with E-state index in [1.54, 1.807) is 4.57 Å². The number of rotatable bonds is 5. The molecule has 0 radical (unpaired) electrons. The van der Waals surface area contributed by atoms with E-state index in [2.05, 4.69) is 72.2 Å². The van der Waals surface area contributed by atoms with Crippen LogP contribution in [0.2, 0.25) is 0 Å². The highest BCUT2D eigenvalue weighted by Crippen LogP contribution is 2.31. The van der Waals surface area contributed by atoms with Crippen LogP contribution in [0, 0.1) is 24.3 Å². The Morgan fingerprint density at radius 1 is 1.13 bits per heavy atom. The summed E-state index contributed by atoms with van der Waals surface area (Å²) in [6, 6.07) is 17.5. The minimum atomic E-state index is -0.598. The number of esters is 1. The number of carbonyl (C=O) groups excluding carboxylic acids is 1. The van der Waals surface area contributed by atoms with Gasteiger partial charge >= 0.3 is 5.97 Å². The first-order valence-electron chi connectivity index (χ1n) is 12.4. The molecule has 0 bridgehead atoms. The molecule has 3 heterocycles. The summed E-state index contributed by atoms with van der Waals surface area (Å²) in [7, 11) is 1.36. The lowest BCUT2D eigenvalue weighted by molar-refractivity contribution is -0.136. The topological polar surface area (TPSA) is 65.6 Å². The number of benzene rings is 2. The summed E-state index contributed by atoms with van der Waals surface area (Å²) in [6.07, 6.45) is 2.49. The average Bonchev–Trinajstić information content (AvgIpc) is 3.38. The van der Waals surface area contributed by atoms with Crippen molar-refractivity contribution in [1.29, 1.82) is 0 Å². The minimum Gasteiger partial charge on any atom is -0.466 e. The third-order valence-electron chi connectivity index (χ3n) is 6.94. The van der Waals surface area contributed by atoms with Crippen molar-refractivity contribution in [3.05, 3.63) is 117 Å². The Morgan fingerprint density at radius 2 is 1.87 bits per heavy atom. The highest BCUT2D eigenvalue weighted by atomic mass is 127. The Balaban J connectivity index is 1.71. The first kappa shape index (κ1) is 26.4. The minimum absolute atomic E-state index is 0.172. The fraction of sp³-hybridized carbons (Fsp3) is 0.233. The second-order valence-corrected chi connectivity index (χ2v) is 11.5. The Bertz CT molecular complexity index is 1780. The molecule has 38 heavy (non-hydrogen) atoms. The summed E-state index contributed by atoms with van der Waals surface area (Å²) in [4.78, 5) is 32.2. The number of aromatic nitrogens is 2. The van der Waals surface area contributed by atoms with Crippen molar-refractivity contribution in [3.8, 4) is 5.69 Å². The molecule has 4 aromatic rings. The quantitative estimate of drug-likeness (QED) is 0.226. The summed E-state index contributed by atoms with van der Waals surface area (Å²) in [5.74, 6) is -0.468. The first-order valence-corrected chi connectivity index (χ1v) is 14.3. The molecule has 1 aliphatic heterocycles. The van der Waals surface area contributed by atoms with Gasteiger partial charge in [-0.15, -0.1) is 0 Å². The molecule has 6 nitrogen and oxygen atoms in total. The van der Waals surface area contributed by atoms with Gasteiger partial charge in [-0.05, 0) is 90.7 Å². The monoisotopic (exact) mass is 637 g/mol. The largest absolute Gasteiger partial charge is 0.466 e.